The molecule has 2 rings (SSSR count). The van der Waals surface area contributed by atoms with Crippen LogP contribution in [0.1, 0.15) is 33.0 Å². The molecule has 0 N–H and O–H groups in total. The van der Waals surface area contributed by atoms with Crippen molar-refractivity contribution < 1.29 is 14.3 Å². The van der Waals surface area contributed by atoms with E-state index in [0.29, 0.717) is 31.8 Å². The number of hydrogen-bond donors (Lipinski definition) is 0. The van der Waals surface area contributed by atoms with Gasteiger partial charge in [-0.25, -0.2) is 4.79 Å². The second-order valence-corrected chi connectivity index (χ2v) is 6.24. The second-order valence-electron chi connectivity index (χ2n) is 6.24. The number of amides is 1. The van der Waals surface area contributed by atoms with E-state index in [1.807, 2.05) is 20.8 Å². The fourth-order valence-corrected chi connectivity index (χ4v) is 2.20. The van der Waals surface area contributed by atoms with E-state index in [1.165, 1.54) is 4.80 Å². The normalized spacial score (nSPS) is 19.7. The monoisotopic (exact) mass is 295 g/mol. The topological polar surface area (TPSA) is 90.2 Å². The van der Waals surface area contributed by atoms with Crippen molar-refractivity contribution in [3.05, 3.63) is 5.82 Å². The molecule has 1 unspecified atom stereocenters. The number of rotatable bonds is 2. The van der Waals surface area contributed by atoms with Gasteiger partial charge in [-0.2, -0.15) is 4.80 Å². The summed E-state index contributed by atoms with van der Waals surface area (Å²) in [5.74, 6) is 0.347. The van der Waals surface area contributed by atoms with E-state index in [4.69, 9.17) is 4.74 Å². The first-order valence-electron chi connectivity index (χ1n) is 6.98. The Kier molecular flexibility index (Phi) is 4.24. The number of aryl methyl sites for hydroxylation is 1. The van der Waals surface area contributed by atoms with Crippen molar-refractivity contribution in [2.45, 2.75) is 39.2 Å². The molecule has 0 saturated carbocycles. The predicted octanol–water partition coefficient (Wildman–Crippen LogP) is 0.579. The molecule has 8 heteroatoms. The summed E-state index contributed by atoms with van der Waals surface area (Å²) in [6, 6.07) is 0. The molecule has 1 fully saturated rings. The lowest BCUT2D eigenvalue weighted by molar-refractivity contribution is -0.126. The van der Waals surface area contributed by atoms with Crippen LogP contribution in [0.25, 0.3) is 0 Å². The third-order valence-electron chi connectivity index (χ3n) is 3.15. The molecule has 1 aromatic heterocycles. The van der Waals surface area contributed by atoms with Crippen LogP contribution >= 0.6 is 0 Å². The highest BCUT2D eigenvalue weighted by Crippen LogP contribution is 2.19. The van der Waals surface area contributed by atoms with Gasteiger partial charge in [-0.3, -0.25) is 4.79 Å². The lowest BCUT2D eigenvalue weighted by Crippen LogP contribution is -2.46. The summed E-state index contributed by atoms with van der Waals surface area (Å²) in [4.78, 5) is 27.0. The van der Waals surface area contributed by atoms with Crippen molar-refractivity contribution in [1.82, 2.24) is 25.1 Å². The van der Waals surface area contributed by atoms with Crippen molar-refractivity contribution in [2.24, 2.45) is 13.0 Å². The summed E-state index contributed by atoms with van der Waals surface area (Å²) < 4.78 is 5.34. The first-order chi connectivity index (χ1) is 9.74. The smallest absolute Gasteiger partial charge is 0.410 e. The first kappa shape index (κ1) is 15.4. The molecular weight excluding hydrogens is 274 g/mol. The molecule has 0 aromatic carbocycles. The molecule has 1 aliphatic rings. The number of nitrogens with zero attached hydrogens (tertiary/aromatic N) is 5. The SMILES string of the molecule is Cn1nnc(CC2CN(C(=O)OC(C)(C)C)CCC2=O)n1. The number of hydrogen-bond acceptors (Lipinski definition) is 6. The van der Waals surface area contributed by atoms with E-state index in [9.17, 15) is 9.59 Å². The average molecular weight is 295 g/mol. The molecule has 1 atom stereocenters. The molecule has 1 aliphatic heterocycles. The molecule has 0 aliphatic carbocycles. The van der Waals surface area contributed by atoms with Crippen molar-refractivity contribution >= 4 is 11.9 Å². The number of ether oxygens (including phenoxy) is 1. The molecule has 0 spiro atoms. The van der Waals surface area contributed by atoms with Gasteiger partial charge >= 0.3 is 6.09 Å². The minimum Gasteiger partial charge on any atom is -0.444 e. The quantitative estimate of drug-likeness (QED) is 0.792. The van der Waals surface area contributed by atoms with Crippen LogP contribution in [0, 0.1) is 5.92 Å². The minimum absolute atomic E-state index is 0.127. The van der Waals surface area contributed by atoms with Crippen molar-refractivity contribution in [3.8, 4) is 0 Å². The predicted molar refractivity (Wildman–Crippen MR) is 73.4 cm³/mol. The summed E-state index contributed by atoms with van der Waals surface area (Å²) in [6.45, 7) is 6.20. The van der Waals surface area contributed by atoms with E-state index in [2.05, 4.69) is 15.4 Å². The van der Waals surface area contributed by atoms with Gasteiger partial charge in [0.2, 0.25) is 0 Å². The largest absolute Gasteiger partial charge is 0.444 e. The van der Waals surface area contributed by atoms with Crippen molar-refractivity contribution in [3.63, 3.8) is 0 Å². The maximum absolute atomic E-state index is 12.1. The Hall–Kier alpha value is -1.99. The third kappa shape index (κ3) is 4.24. The number of likely N-dealkylation sites (tertiary alicyclic amines) is 1. The molecule has 21 heavy (non-hydrogen) atoms. The van der Waals surface area contributed by atoms with Crippen molar-refractivity contribution in [1.29, 1.82) is 0 Å². The van der Waals surface area contributed by atoms with Gasteiger partial charge in [-0.05, 0) is 26.0 Å². The highest BCUT2D eigenvalue weighted by Gasteiger charge is 2.33. The average Bonchev–Trinajstić information content (AvgIpc) is 2.75. The highest BCUT2D eigenvalue weighted by atomic mass is 16.6. The lowest BCUT2D eigenvalue weighted by atomic mass is 9.93. The molecule has 0 bridgehead atoms. The molecule has 116 valence electrons. The molecule has 8 nitrogen and oxygen atoms in total. The van der Waals surface area contributed by atoms with Gasteiger partial charge < -0.3 is 9.64 Å². The maximum Gasteiger partial charge on any atom is 0.410 e. The zero-order chi connectivity index (χ0) is 15.6. The Labute approximate surface area is 123 Å². The second kappa shape index (κ2) is 5.79. The summed E-state index contributed by atoms with van der Waals surface area (Å²) in [5.41, 5.74) is -0.541. The molecule has 1 saturated heterocycles. The zero-order valence-electron chi connectivity index (χ0n) is 12.9. The first-order valence-corrected chi connectivity index (χ1v) is 6.98. The fraction of sp³-hybridized carbons (Fsp3) is 0.769. The van der Waals surface area contributed by atoms with E-state index < -0.39 is 5.60 Å². The third-order valence-corrected chi connectivity index (χ3v) is 3.15. The summed E-state index contributed by atoms with van der Waals surface area (Å²) >= 11 is 0. The summed E-state index contributed by atoms with van der Waals surface area (Å²) in [7, 11) is 1.67. The zero-order valence-corrected chi connectivity index (χ0v) is 12.9. The minimum atomic E-state index is -0.541. The Morgan fingerprint density at radius 1 is 1.43 bits per heavy atom. The molecule has 1 amide bonds. The maximum atomic E-state index is 12.1. The number of piperidine rings is 1. The Morgan fingerprint density at radius 2 is 2.14 bits per heavy atom. The van der Waals surface area contributed by atoms with Crippen LogP contribution < -0.4 is 0 Å². The van der Waals surface area contributed by atoms with Crippen LogP contribution in [0.2, 0.25) is 0 Å². The number of tetrazole rings is 1. The Balaban J connectivity index is 1.99. The Bertz CT molecular complexity index is 534. The molecule has 0 radical (unpaired) electrons. The van der Waals surface area contributed by atoms with Crippen LogP contribution in [-0.4, -0.2) is 55.7 Å². The number of ketones is 1. The van der Waals surface area contributed by atoms with E-state index in [0.717, 1.165) is 0 Å². The van der Waals surface area contributed by atoms with Gasteiger partial charge in [0.15, 0.2) is 5.82 Å². The fourth-order valence-electron chi connectivity index (χ4n) is 2.20. The molecule has 1 aromatic rings. The Morgan fingerprint density at radius 3 is 2.71 bits per heavy atom. The van der Waals surface area contributed by atoms with Crippen LogP contribution in [0.4, 0.5) is 4.79 Å². The highest BCUT2D eigenvalue weighted by molar-refractivity contribution is 5.84. The number of carbonyl (C=O) groups excluding carboxylic acids is 2. The van der Waals surface area contributed by atoms with Crippen LogP contribution in [0.15, 0.2) is 0 Å². The van der Waals surface area contributed by atoms with Crippen LogP contribution in [-0.2, 0) is 23.0 Å². The lowest BCUT2D eigenvalue weighted by Gasteiger charge is -2.33. The standard InChI is InChI=1S/C13H21N5O3/c1-13(2,3)21-12(20)18-6-5-10(19)9(8-18)7-11-14-16-17(4)15-11/h9H,5-8H2,1-4H3. The van der Waals surface area contributed by atoms with E-state index in [-0.39, 0.29) is 17.8 Å². The van der Waals surface area contributed by atoms with Crippen molar-refractivity contribution in [2.75, 3.05) is 13.1 Å². The summed E-state index contributed by atoms with van der Waals surface area (Å²) in [5, 5.41) is 11.7. The van der Waals surface area contributed by atoms with Crippen LogP contribution in [0.5, 0.6) is 0 Å². The van der Waals surface area contributed by atoms with Gasteiger partial charge in [0.25, 0.3) is 0 Å². The summed E-state index contributed by atoms with van der Waals surface area (Å²) in [6.07, 6.45) is 0.350. The van der Waals surface area contributed by atoms with Crippen LogP contribution in [0.3, 0.4) is 0 Å². The van der Waals surface area contributed by atoms with E-state index >= 15 is 0 Å². The number of carbonyl (C=O) groups is 2. The van der Waals surface area contributed by atoms with Gasteiger partial charge in [-0.1, -0.05) is 0 Å². The van der Waals surface area contributed by atoms with E-state index in [1.54, 1.807) is 11.9 Å². The van der Waals surface area contributed by atoms with Gasteiger partial charge in [0.1, 0.15) is 11.4 Å². The molecule has 2 heterocycles. The number of aromatic nitrogens is 4. The van der Waals surface area contributed by atoms with Gasteiger partial charge in [-0.15, -0.1) is 10.2 Å². The van der Waals surface area contributed by atoms with Gasteiger partial charge in [0, 0.05) is 31.8 Å². The number of Topliss-reactive ketones (excluding diaryl/α,β-unsaturated/α-hetero) is 1. The van der Waals surface area contributed by atoms with Gasteiger partial charge in [0.05, 0.1) is 7.05 Å². The molecular formula is C13H21N5O3.